The van der Waals surface area contributed by atoms with E-state index in [-0.39, 0.29) is 6.61 Å². The second-order valence-electron chi connectivity index (χ2n) is 2.87. The van der Waals surface area contributed by atoms with Gasteiger partial charge in [0, 0.05) is 20.8 Å². The number of aliphatic hydroxyl groups is 1. The van der Waals surface area contributed by atoms with Gasteiger partial charge in [0.2, 0.25) is 0 Å². The van der Waals surface area contributed by atoms with Gasteiger partial charge in [-0.25, -0.2) is 0 Å². The van der Waals surface area contributed by atoms with Gasteiger partial charge in [0.05, 0.1) is 19.8 Å². The topological polar surface area (TPSA) is 55.5 Å². The molecule has 0 radical (unpaired) electrons. The van der Waals surface area contributed by atoms with Crippen molar-refractivity contribution in [3.63, 3.8) is 0 Å². The lowest BCUT2D eigenvalue weighted by Crippen LogP contribution is -2.02. The lowest BCUT2D eigenvalue weighted by atomic mass is 10.3. The molecule has 3 N–H and O–H groups in total. The molecule has 0 bridgehead atoms. The van der Waals surface area contributed by atoms with Crippen molar-refractivity contribution < 1.29 is 9.84 Å². The summed E-state index contributed by atoms with van der Waals surface area (Å²) < 4.78 is 6.17. The van der Waals surface area contributed by atoms with Gasteiger partial charge in [0.25, 0.3) is 0 Å². The number of anilines is 1. The molecule has 0 aliphatic heterocycles. The van der Waals surface area contributed by atoms with Gasteiger partial charge in [-0.15, -0.1) is 11.8 Å². The fourth-order valence-electron chi connectivity index (χ4n) is 1.01. The standard InChI is InChI=1S/C10H14BrNO2S/c11-8-1-2-9(12)10(7-8)15-6-5-14-4-3-13/h1-2,7,13H,3-6,12H2. The second-order valence-corrected chi connectivity index (χ2v) is 4.92. The van der Waals surface area contributed by atoms with E-state index in [4.69, 9.17) is 15.6 Å². The Morgan fingerprint density at radius 1 is 1.40 bits per heavy atom. The van der Waals surface area contributed by atoms with E-state index in [0.717, 1.165) is 20.8 Å². The molecule has 0 aliphatic carbocycles. The third kappa shape index (κ3) is 4.88. The summed E-state index contributed by atoms with van der Waals surface area (Å²) in [6.45, 7) is 1.09. The van der Waals surface area contributed by atoms with Crippen LogP contribution in [0.3, 0.4) is 0 Å². The van der Waals surface area contributed by atoms with Crippen LogP contribution in [0.15, 0.2) is 27.6 Å². The van der Waals surface area contributed by atoms with Crippen molar-refractivity contribution in [3.05, 3.63) is 22.7 Å². The normalized spacial score (nSPS) is 10.5. The monoisotopic (exact) mass is 291 g/mol. The molecule has 0 fully saturated rings. The van der Waals surface area contributed by atoms with Crippen LogP contribution in [0.2, 0.25) is 0 Å². The van der Waals surface area contributed by atoms with Crippen LogP contribution in [-0.2, 0) is 4.74 Å². The van der Waals surface area contributed by atoms with Gasteiger partial charge in [-0.05, 0) is 18.2 Å². The fourth-order valence-corrected chi connectivity index (χ4v) is 2.39. The van der Waals surface area contributed by atoms with Crippen LogP contribution < -0.4 is 5.73 Å². The third-order valence-corrected chi connectivity index (χ3v) is 3.23. The Kier molecular flexibility index (Phi) is 6.09. The Labute approximate surface area is 102 Å². The molecule has 0 saturated heterocycles. The highest BCUT2D eigenvalue weighted by molar-refractivity contribution is 9.10. The zero-order chi connectivity index (χ0) is 11.1. The number of hydrogen-bond donors (Lipinski definition) is 2. The molecular weight excluding hydrogens is 278 g/mol. The number of thioether (sulfide) groups is 1. The van der Waals surface area contributed by atoms with Crippen LogP contribution in [-0.4, -0.2) is 30.7 Å². The van der Waals surface area contributed by atoms with Gasteiger partial charge < -0.3 is 15.6 Å². The summed E-state index contributed by atoms with van der Waals surface area (Å²) in [6, 6.07) is 5.79. The van der Waals surface area contributed by atoms with Gasteiger partial charge >= 0.3 is 0 Å². The molecule has 0 unspecified atom stereocenters. The maximum Gasteiger partial charge on any atom is 0.0698 e. The summed E-state index contributed by atoms with van der Waals surface area (Å²) in [5.74, 6) is 0.834. The first-order valence-corrected chi connectivity index (χ1v) is 6.38. The smallest absolute Gasteiger partial charge is 0.0698 e. The predicted molar refractivity (Wildman–Crippen MR) is 67.2 cm³/mol. The van der Waals surface area contributed by atoms with E-state index in [1.807, 2.05) is 18.2 Å². The van der Waals surface area contributed by atoms with Crippen molar-refractivity contribution in [2.45, 2.75) is 4.90 Å². The summed E-state index contributed by atoms with van der Waals surface area (Å²) >= 11 is 5.05. The Bertz CT molecular complexity index is 309. The van der Waals surface area contributed by atoms with Crippen molar-refractivity contribution >= 4 is 33.4 Å². The van der Waals surface area contributed by atoms with Crippen molar-refractivity contribution in [1.82, 2.24) is 0 Å². The minimum atomic E-state index is 0.0731. The van der Waals surface area contributed by atoms with E-state index in [1.54, 1.807) is 11.8 Å². The Morgan fingerprint density at radius 3 is 2.93 bits per heavy atom. The van der Waals surface area contributed by atoms with Gasteiger partial charge in [0.1, 0.15) is 0 Å². The fraction of sp³-hybridized carbons (Fsp3) is 0.400. The molecule has 0 aromatic heterocycles. The Morgan fingerprint density at radius 2 is 2.20 bits per heavy atom. The highest BCUT2D eigenvalue weighted by Crippen LogP contribution is 2.27. The van der Waals surface area contributed by atoms with E-state index in [0.29, 0.717) is 13.2 Å². The van der Waals surface area contributed by atoms with Gasteiger partial charge in [-0.3, -0.25) is 0 Å². The van der Waals surface area contributed by atoms with Crippen LogP contribution in [0.5, 0.6) is 0 Å². The maximum atomic E-state index is 8.51. The van der Waals surface area contributed by atoms with Crippen LogP contribution >= 0.6 is 27.7 Å². The van der Waals surface area contributed by atoms with E-state index >= 15 is 0 Å². The molecule has 84 valence electrons. The molecule has 5 heteroatoms. The maximum absolute atomic E-state index is 8.51. The lowest BCUT2D eigenvalue weighted by Gasteiger charge is -2.06. The molecule has 0 atom stereocenters. The average Bonchev–Trinajstić information content (AvgIpc) is 2.23. The molecule has 1 rings (SSSR count). The number of nitrogen functional groups attached to an aromatic ring is 1. The zero-order valence-corrected chi connectivity index (χ0v) is 10.7. The van der Waals surface area contributed by atoms with E-state index < -0.39 is 0 Å². The highest BCUT2D eigenvalue weighted by Gasteiger charge is 2.00. The number of rotatable bonds is 6. The molecule has 0 spiro atoms. The van der Waals surface area contributed by atoms with Crippen LogP contribution in [0, 0.1) is 0 Å². The van der Waals surface area contributed by atoms with Gasteiger partial charge in [-0.1, -0.05) is 15.9 Å². The van der Waals surface area contributed by atoms with Crippen molar-refractivity contribution in [3.8, 4) is 0 Å². The minimum Gasteiger partial charge on any atom is -0.398 e. The Balaban J connectivity index is 2.33. The van der Waals surface area contributed by atoms with E-state index in [2.05, 4.69) is 15.9 Å². The van der Waals surface area contributed by atoms with Crippen molar-refractivity contribution in [2.75, 3.05) is 31.3 Å². The molecule has 0 aliphatic rings. The summed E-state index contributed by atoms with van der Waals surface area (Å²) in [5, 5.41) is 8.51. The molecule has 15 heavy (non-hydrogen) atoms. The first-order chi connectivity index (χ1) is 7.24. The number of halogens is 1. The van der Waals surface area contributed by atoms with Gasteiger partial charge in [-0.2, -0.15) is 0 Å². The van der Waals surface area contributed by atoms with Crippen LogP contribution in [0.4, 0.5) is 5.69 Å². The predicted octanol–water partition coefficient (Wildman–Crippen LogP) is 2.13. The van der Waals surface area contributed by atoms with Crippen molar-refractivity contribution in [2.24, 2.45) is 0 Å². The van der Waals surface area contributed by atoms with Gasteiger partial charge in [0.15, 0.2) is 0 Å². The minimum absolute atomic E-state index is 0.0731. The number of nitrogens with two attached hydrogens (primary N) is 1. The van der Waals surface area contributed by atoms with Crippen LogP contribution in [0.1, 0.15) is 0 Å². The number of hydrogen-bond acceptors (Lipinski definition) is 4. The van der Waals surface area contributed by atoms with Crippen LogP contribution in [0.25, 0.3) is 0 Å². The SMILES string of the molecule is Nc1ccc(Br)cc1SCCOCCO. The zero-order valence-electron chi connectivity index (χ0n) is 8.28. The average molecular weight is 292 g/mol. The largest absolute Gasteiger partial charge is 0.398 e. The summed E-state index contributed by atoms with van der Waals surface area (Å²) in [6.07, 6.45) is 0. The summed E-state index contributed by atoms with van der Waals surface area (Å²) in [4.78, 5) is 1.05. The quantitative estimate of drug-likeness (QED) is 0.479. The molecule has 0 amide bonds. The van der Waals surface area contributed by atoms with E-state index in [1.165, 1.54) is 0 Å². The Hall–Kier alpha value is -0.230. The van der Waals surface area contributed by atoms with Crippen molar-refractivity contribution in [1.29, 1.82) is 0 Å². The first-order valence-electron chi connectivity index (χ1n) is 4.60. The molecule has 1 aromatic rings. The van der Waals surface area contributed by atoms with E-state index in [9.17, 15) is 0 Å². The molecular formula is C10H14BrNO2S. The number of ether oxygens (including phenoxy) is 1. The second kappa shape index (κ2) is 7.11. The highest BCUT2D eigenvalue weighted by atomic mass is 79.9. The summed E-state index contributed by atoms with van der Waals surface area (Å²) in [5.41, 5.74) is 6.59. The first kappa shape index (κ1) is 12.8. The molecule has 1 aromatic carbocycles. The molecule has 0 saturated carbocycles. The lowest BCUT2D eigenvalue weighted by molar-refractivity contribution is 0.103. The number of aliphatic hydroxyl groups excluding tert-OH is 1. The third-order valence-electron chi connectivity index (χ3n) is 1.70. The number of benzene rings is 1. The summed E-state index contributed by atoms with van der Waals surface area (Å²) in [7, 11) is 0. The molecule has 3 nitrogen and oxygen atoms in total. The molecule has 0 heterocycles.